The third-order valence-corrected chi connectivity index (χ3v) is 10.1. The summed E-state index contributed by atoms with van der Waals surface area (Å²) in [5, 5.41) is 13.6. The fraction of sp³-hybridized carbons (Fsp3) is 0.0435. The van der Waals surface area contributed by atoms with Crippen LogP contribution in [0.3, 0.4) is 0 Å². The van der Waals surface area contributed by atoms with Crippen LogP contribution in [0.15, 0.2) is 168 Å². The van der Waals surface area contributed by atoms with Crippen LogP contribution in [0, 0.1) is 0 Å². The second-order valence-corrected chi connectivity index (χ2v) is 13.0. The van der Waals surface area contributed by atoms with Crippen LogP contribution in [0.25, 0.3) is 89.0 Å². The van der Waals surface area contributed by atoms with Crippen LogP contribution >= 0.6 is 0 Å². The molecule has 10 aromatic rings. The number of aromatic nitrogens is 4. The summed E-state index contributed by atoms with van der Waals surface area (Å²) in [6.45, 7) is 2.21. The van der Waals surface area contributed by atoms with Gasteiger partial charge in [-0.1, -0.05) is 79.7 Å². The van der Waals surface area contributed by atoms with E-state index in [-0.39, 0.29) is 0 Å². The molecule has 7 aromatic carbocycles. The molecule has 0 aliphatic rings. The molecule has 0 aliphatic carbocycles. The van der Waals surface area contributed by atoms with E-state index in [0.29, 0.717) is 11.8 Å². The largest absolute Gasteiger partial charge is 0.416 e. The Labute approximate surface area is 294 Å². The topological polar surface area (TPSA) is 48.8 Å². The molecule has 0 amide bonds. The quantitative estimate of drug-likeness (QED) is 0.179. The minimum absolute atomic E-state index is 0.503. The fourth-order valence-electron chi connectivity index (χ4n) is 7.55. The van der Waals surface area contributed by atoms with Gasteiger partial charge in [0, 0.05) is 44.0 Å². The van der Waals surface area contributed by atoms with E-state index < -0.39 is 0 Å². The summed E-state index contributed by atoms with van der Waals surface area (Å²) >= 11 is 0. The Kier molecular flexibility index (Phi) is 6.71. The smallest absolute Gasteiger partial charge is 0.248 e. The SMILES string of the molecule is CCc1ccc2c(c1)c1cc(-c3ccc4c(c3)c3ccccc3n4-c3ccccc3)ccc1n2-c1ccc(-c2nnc(-c3ccccc3)o2)cc1. The Hall–Kier alpha value is -6.72. The zero-order valence-electron chi connectivity index (χ0n) is 28.0. The van der Waals surface area contributed by atoms with Crippen molar-refractivity contribution in [1.82, 2.24) is 19.3 Å². The number of para-hydroxylation sites is 2. The van der Waals surface area contributed by atoms with Gasteiger partial charge in [0.1, 0.15) is 0 Å². The minimum Gasteiger partial charge on any atom is -0.416 e. The molecular weight excluding hydrogens is 625 g/mol. The molecule has 0 radical (unpaired) electrons. The lowest BCUT2D eigenvalue weighted by molar-refractivity contribution is 0.584. The molecule has 0 saturated heterocycles. The van der Waals surface area contributed by atoms with Crippen molar-refractivity contribution in [2.45, 2.75) is 13.3 Å². The molecule has 51 heavy (non-hydrogen) atoms. The zero-order chi connectivity index (χ0) is 33.9. The molecule has 0 unspecified atom stereocenters. The van der Waals surface area contributed by atoms with Crippen LogP contribution in [0.5, 0.6) is 0 Å². The van der Waals surface area contributed by atoms with Crippen molar-refractivity contribution in [3.05, 3.63) is 169 Å². The van der Waals surface area contributed by atoms with Gasteiger partial charge >= 0.3 is 0 Å². The molecule has 0 atom stereocenters. The number of hydrogen-bond donors (Lipinski definition) is 0. The number of benzene rings is 7. The average Bonchev–Trinajstić information content (AvgIpc) is 3.91. The van der Waals surface area contributed by atoms with E-state index in [0.717, 1.165) is 23.2 Å². The van der Waals surface area contributed by atoms with E-state index in [4.69, 9.17) is 4.42 Å². The second-order valence-electron chi connectivity index (χ2n) is 13.0. The van der Waals surface area contributed by atoms with Crippen LogP contribution in [0.4, 0.5) is 0 Å². The summed E-state index contributed by atoms with van der Waals surface area (Å²) in [4.78, 5) is 0. The number of aryl methyl sites for hydroxylation is 1. The standard InChI is InChI=1S/C46H32N4O/c1-2-30-17-24-42-38(27-30)40-29-34(33-20-25-43-39(28-33)37-15-9-10-16-41(37)49(43)35-13-7-4-8-14-35)21-26-44(40)50(42)36-22-18-32(19-23-36)46-48-47-45(51-46)31-11-5-3-6-12-31/h3-29H,2H2,1H3. The van der Waals surface area contributed by atoms with Crippen molar-refractivity contribution in [2.24, 2.45) is 0 Å². The van der Waals surface area contributed by atoms with Gasteiger partial charge in [0.15, 0.2) is 0 Å². The van der Waals surface area contributed by atoms with Crippen molar-refractivity contribution in [2.75, 3.05) is 0 Å². The van der Waals surface area contributed by atoms with E-state index in [9.17, 15) is 0 Å². The van der Waals surface area contributed by atoms with Crippen LogP contribution in [-0.2, 0) is 6.42 Å². The lowest BCUT2D eigenvalue weighted by Crippen LogP contribution is -1.94. The summed E-state index contributed by atoms with van der Waals surface area (Å²) in [6.07, 6.45) is 0.980. The highest BCUT2D eigenvalue weighted by Crippen LogP contribution is 2.39. The molecule has 10 rings (SSSR count). The van der Waals surface area contributed by atoms with Gasteiger partial charge in [0.2, 0.25) is 11.8 Å². The molecule has 0 bridgehead atoms. The molecule has 0 spiro atoms. The normalized spacial score (nSPS) is 11.7. The highest BCUT2D eigenvalue weighted by molar-refractivity contribution is 6.12. The molecule has 5 nitrogen and oxygen atoms in total. The van der Waals surface area contributed by atoms with Crippen LogP contribution in [0.2, 0.25) is 0 Å². The van der Waals surface area contributed by atoms with E-state index in [1.807, 2.05) is 30.3 Å². The third-order valence-electron chi connectivity index (χ3n) is 10.1. The number of fused-ring (bicyclic) bond motifs is 6. The monoisotopic (exact) mass is 656 g/mol. The maximum absolute atomic E-state index is 6.05. The van der Waals surface area contributed by atoms with Crippen molar-refractivity contribution < 1.29 is 4.42 Å². The highest BCUT2D eigenvalue weighted by Gasteiger charge is 2.17. The van der Waals surface area contributed by atoms with Crippen molar-refractivity contribution in [3.8, 4) is 45.4 Å². The van der Waals surface area contributed by atoms with E-state index in [1.165, 1.54) is 66.0 Å². The van der Waals surface area contributed by atoms with Crippen molar-refractivity contribution >= 4 is 43.6 Å². The van der Waals surface area contributed by atoms with E-state index >= 15 is 0 Å². The van der Waals surface area contributed by atoms with Crippen molar-refractivity contribution in [3.63, 3.8) is 0 Å². The first-order chi connectivity index (χ1) is 25.2. The Bertz CT molecular complexity index is 2880. The number of hydrogen-bond acceptors (Lipinski definition) is 3. The minimum atomic E-state index is 0.503. The summed E-state index contributed by atoms with van der Waals surface area (Å²) in [5.74, 6) is 1.02. The summed E-state index contributed by atoms with van der Waals surface area (Å²) in [5.41, 5.74) is 12.5. The van der Waals surface area contributed by atoms with Gasteiger partial charge in [-0.25, -0.2) is 0 Å². The van der Waals surface area contributed by atoms with Crippen molar-refractivity contribution in [1.29, 1.82) is 0 Å². The summed E-state index contributed by atoms with van der Waals surface area (Å²) in [6, 6.07) is 58.2. The Morgan fingerprint density at radius 2 is 0.882 bits per heavy atom. The van der Waals surface area contributed by atoms with Crippen LogP contribution in [-0.4, -0.2) is 19.3 Å². The van der Waals surface area contributed by atoms with Gasteiger partial charge in [0.25, 0.3) is 0 Å². The molecule has 0 saturated carbocycles. The van der Waals surface area contributed by atoms with Gasteiger partial charge in [0.05, 0.1) is 22.1 Å². The van der Waals surface area contributed by atoms with E-state index in [1.54, 1.807) is 0 Å². The zero-order valence-corrected chi connectivity index (χ0v) is 28.0. The maximum atomic E-state index is 6.05. The van der Waals surface area contributed by atoms with Crippen LogP contribution in [0.1, 0.15) is 12.5 Å². The Morgan fingerprint density at radius 1 is 0.412 bits per heavy atom. The molecule has 0 fully saturated rings. The third kappa shape index (κ3) is 4.77. The van der Waals surface area contributed by atoms with Gasteiger partial charge < -0.3 is 13.6 Å². The van der Waals surface area contributed by atoms with Crippen LogP contribution < -0.4 is 0 Å². The average molecular weight is 657 g/mol. The second kappa shape index (κ2) is 11.7. The molecular formula is C46H32N4O. The van der Waals surface area contributed by atoms with Gasteiger partial charge in [-0.3, -0.25) is 0 Å². The first kappa shape index (κ1) is 29.2. The van der Waals surface area contributed by atoms with Gasteiger partial charge in [-0.2, -0.15) is 0 Å². The van der Waals surface area contributed by atoms with Gasteiger partial charge in [-0.05, 0) is 114 Å². The Morgan fingerprint density at radius 3 is 1.53 bits per heavy atom. The lowest BCUT2D eigenvalue weighted by atomic mass is 10.00. The highest BCUT2D eigenvalue weighted by atomic mass is 16.4. The first-order valence-corrected chi connectivity index (χ1v) is 17.4. The predicted molar refractivity (Wildman–Crippen MR) is 209 cm³/mol. The molecule has 0 aliphatic heterocycles. The summed E-state index contributed by atoms with van der Waals surface area (Å²) < 4.78 is 10.8. The summed E-state index contributed by atoms with van der Waals surface area (Å²) in [7, 11) is 0. The first-order valence-electron chi connectivity index (χ1n) is 17.4. The Balaban J connectivity index is 1.09. The molecule has 5 heteroatoms. The van der Waals surface area contributed by atoms with E-state index in [2.05, 4.69) is 160 Å². The maximum Gasteiger partial charge on any atom is 0.248 e. The lowest BCUT2D eigenvalue weighted by Gasteiger charge is -2.10. The molecule has 0 N–H and O–H groups in total. The fourth-order valence-corrected chi connectivity index (χ4v) is 7.55. The predicted octanol–water partition coefficient (Wildman–Crippen LogP) is 11.8. The molecule has 242 valence electrons. The number of nitrogens with zero attached hydrogens (tertiary/aromatic N) is 4. The molecule has 3 heterocycles. The molecule has 3 aromatic heterocycles. The van der Waals surface area contributed by atoms with Gasteiger partial charge in [-0.15, -0.1) is 10.2 Å². The number of rotatable bonds is 6.